The van der Waals surface area contributed by atoms with Gasteiger partial charge in [-0.2, -0.15) is 5.10 Å². The van der Waals surface area contributed by atoms with Crippen LogP contribution in [0, 0.1) is 0 Å². The monoisotopic (exact) mass is 364 g/mol. The van der Waals surface area contributed by atoms with Crippen molar-refractivity contribution in [3.8, 4) is 11.4 Å². The standard InChI is InChI=1S/C17H24N4O3S/c1-24-16-4-5-17(21-9-3-8-18-21)14(12-16)13-20-10-6-15(7-11-20)19-25(2,22)23/h3-5,8-9,12,15,19H,6-7,10-11,13H2,1-2H3. The molecule has 1 saturated heterocycles. The van der Waals surface area contributed by atoms with Crippen LogP contribution in [0.5, 0.6) is 5.75 Å². The molecule has 1 fully saturated rings. The zero-order valence-corrected chi connectivity index (χ0v) is 15.4. The molecule has 0 bridgehead atoms. The van der Waals surface area contributed by atoms with Crippen molar-refractivity contribution in [3.05, 3.63) is 42.2 Å². The molecule has 136 valence electrons. The number of aromatic nitrogens is 2. The Morgan fingerprint density at radius 3 is 2.68 bits per heavy atom. The van der Waals surface area contributed by atoms with Gasteiger partial charge in [0.05, 0.1) is 19.1 Å². The van der Waals surface area contributed by atoms with Crippen LogP contribution in [-0.4, -0.2) is 55.6 Å². The van der Waals surface area contributed by atoms with E-state index < -0.39 is 10.0 Å². The van der Waals surface area contributed by atoms with Crippen LogP contribution in [0.1, 0.15) is 18.4 Å². The van der Waals surface area contributed by atoms with E-state index >= 15 is 0 Å². The van der Waals surface area contributed by atoms with Gasteiger partial charge in [0.2, 0.25) is 10.0 Å². The lowest BCUT2D eigenvalue weighted by atomic mass is 10.0. The van der Waals surface area contributed by atoms with Crippen molar-refractivity contribution in [2.75, 3.05) is 26.5 Å². The molecule has 25 heavy (non-hydrogen) atoms. The van der Waals surface area contributed by atoms with E-state index in [0.29, 0.717) is 0 Å². The van der Waals surface area contributed by atoms with Crippen LogP contribution in [-0.2, 0) is 16.6 Å². The van der Waals surface area contributed by atoms with Gasteiger partial charge in [0, 0.05) is 38.1 Å². The maximum atomic E-state index is 11.4. The average molecular weight is 364 g/mol. The topological polar surface area (TPSA) is 76.5 Å². The van der Waals surface area contributed by atoms with E-state index in [0.717, 1.165) is 49.5 Å². The van der Waals surface area contributed by atoms with Gasteiger partial charge in [-0.25, -0.2) is 17.8 Å². The van der Waals surface area contributed by atoms with Crippen molar-refractivity contribution < 1.29 is 13.2 Å². The Bertz CT molecular complexity index is 797. The summed E-state index contributed by atoms with van der Waals surface area (Å²) in [7, 11) is -1.48. The van der Waals surface area contributed by atoms with Gasteiger partial charge in [-0.05, 0) is 42.7 Å². The Kier molecular flexibility index (Phi) is 5.41. The van der Waals surface area contributed by atoms with Crippen LogP contribution >= 0.6 is 0 Å². The summed E-state index contributed by atoms with van der Waals surface area (Å²) in [6.07, 6.45) is 6.53. The number of likely N-dealkylation sites (tertiary alicyclic amines) is 1. The maximum absolute atomic E-state index is 11.4. The van der Waals surface area contributed by atoms with E-state index in [1.807, 2.05) is 35.1 Å². The number of nitrogens with zero attached hydrogens (tertiary/aromatic N) is 3. The van der Waals surface area contributed by atoms with Crippen LogP contribution in [0.2, 0.25) is 0 Å². The summed E-state index contributed by atoms with van der Waals surface area (Å²) >= 11 is 0. The molecule has 2 heterocycles. The number of sulfonamides is 1. The molecule has 1 aromatic heterocycles. The number of nitrogens with one attached hydrogen (secondary N) is 1. The van der Waals surface area contributed by atoms with Crippen LogP contribution in [0.3, 0.4) is 0 Å². The fourth-order valence-electron chi connectivity index (χ4n) is 3.20. The predicted octanol–water partition coefficient (Wildman–Crippen LogP) is 1.39. The lowest BCUT2D eigenvalue weighted by molar-refractivity contribution is 0.199. The molecule has 0 saturated carbocycles. The van der Waals surface area contributed by atoms with Gasteiger partial charge in [-0.15, -0.1) is 0 Å². The van der Waals surface area contributed by atoms with E-state index in [4.69, 9.17) is 4.74 Å². The number of benzene rings is 1. The highest BCUT2D eigenvalue weighted by atomic mass is 32.2. The van der Waals surface area contributed by atoms with Gasteiger partial charge in [-0.3, -0.25) is 4.90 Å². The number of hydrogen-bond acceptors (Lipinski definition) is 5. The highest BCUT2D eigenvalue weighted by Gasteiger charge is 2.22. The van der Waals surface area contributed by atoms with Crippen molar-refractivity contribution in [3.63, 3.8) is 0 Å². The molecule has 1 aliphatic rings. The average Bonchev–Trinajstić information content (AvgIpc) is 3.09. The molecule has 3 rings (SSSR count). The summed E-state index contributed by atoms with van der Waals surface area (Å²) in [6, 6.07) is 7.91. The molecule has 1 aliphatic heterocycles. The zero-order valence-electron chi connectivity index (χ0n) is 14.6. The van der Waals surface area contributed by atoms with E-state index in [2.05, 4.69) is 14.7 Å². The number of ether oxygens (including phenoxy) is 1. The van der Waals surface area contributed by atoms with E-state index in [9.17, 15) is 8.42 Å². The Morgan fingerprint density at radius 1 is 1.32 bits per heavy atom. The first kappa shape index (κ1) is 17.9. The molecule has 0 amide bonds. The summed E-state index contributed by atoms with van der Waals surface area (Å²) in [5, 5.41) is 4.33. The zero-order chi connectivity index (χ0) is 17.9. The van der Waals surface area contributed by atoms with E-state index in [1.54, 1.807) is 13.3 Å². The number of piperidine rings is 1. The molecule has 0 atom stereocenters. The molecular weight excluding hydrogens is 340 g/mol. The summed E-state index contributed by atoms with van der Waals surface area (Å²) in [5.41, 5.74) is 2.17. The first-order chi connectivity index (χ1) is 11.9. The van der Waals surface area contributed by atoms with Crippen LogP contribution in [0.25, 0.3) is 5.69 Å². The highest BCUT2D eigenvalue weighted by Crippen LogP contribution is 2.23. The smallest absolute Gasteiger partial charge is 0.208 e. The van der Waals surface area contributed by atoms with Crippen LogP contribution < -0.4 is 9.46 Å². The van der Waals surface area contributed by atoms with Gasteiger partial charge in [-0.1, -0.05) is 0 Å². The lowest BCUT2D eigenvalue weighted by Crippen LogP contribution is -2.44. The third-order valence-corrected chi connectivity index (χ3v) is 5.16. The molecule has 1 aromatic carbocycles. The van der Waals surface area contributed by atoms with Crippen molar-refractivity contribution >= 4 is 10.0 Å². The van der Waals surface area contributed by atoms with Gasteiger partial charge in [0.1, 0.15) is 5.75 Å². The predicted molar refractivity (Wildman–Crippen MR) is 96.4 cm³/mol. The lowest BCUT2D eigenvalue weighted by Gasteiger charge is -2.32. The third-order valence-electron chi connectivity index (χ3n) is 4.40. The van der Waals surface area contributed by atoms with Gasteiger partial charge >= 0.3 is 0 Å². The summed E-state index contributed by atoms with van der Waals surface area (Å²) in [5.74, 6) is 0.819. The Balaban J connectivity index is 1.71. The molecule has 7 nitrogen and oxygen atoms in total. The minimum Gasteiger partial charge on any atom is -0.497 e. The van der Waals surface area contributed by atoms with E-state index in [1.165, 1.54) is 6.26 Å². The molecule has 8 heteroatoms. The summed E-state index contributed by atoms with van der Waals surface area (Å²) in [6.45, 7) is 2.48. The van der Waals surface area contributed by atoms with E-state index in [-0.39, 0.29) is 6.04 Å². The Morgan fingerprint density at radius 2 is 2.08 bits per heavy atom. The van der Waals surface area contributed by atoms with Crippen molar-refractivity contribution in [2.24, 2.45) is 0 Å². The van der Waals surface area contributed by atoms with Gasteiger partial charge in [0.25, 0.3) is 0 Å². The second kappa shape index (κ2) is 7.55. The summed E-state index contributed by atoms with van der Waals surface area (Å²) < 4.78 is 32.7. The minimum absolute atomic E-state index is 0.0298. The second-order valence-corrected chi connectivity index (χ2v) is 8.17. The first-order valence-electron chi connectivity index (χ1n) is 8.31. The van der Waals surface area contributed by atoms with Gasteiger partial charge in [0.15, 0.2) is 0 Å². The quantitative estimate of drug-likeness (QED) is 0.838. The normalized spacial score (nSPS) is 16.9. The van der Waals surface area contributed by atoms with Crippen molar-refractivity contribution in [1.82, 2.24) is 19.4 Å². The Labute approximate surface area is 148 Å². The van der Waals surface area contributed by atoms with Gasteiger partial charge < -0.3 is 4.74 Å². The third kappa shape index (κ3) is 4.81. The minimum atomic E-state index is -3.14. The van der Waals surface area contributed by atoms with Crippen LogP contribution in [0.4, 0.5) is 0 Å². The number of hydrogen-bond donors (Lipinski definition) is 1. The van der Waals surface area contributed by atoms with Crippen molar-refractivity contribution in [2.45, 2.75) is 25.4 Å². The SMILES string of the molecule is COc1ccc(-n2cccn2)c(CN2CCC(NS(C)(=O)=O)CC2)c1. The fraction of sp³-hybridized carbons (Fsp3) is 0.471. The first-order valence-corrected chi connectivity index (χ1v) is 10.2. The molecule has 1 N–H and O–H groups in total. The molecule has 0 unspecified atom stereocenters. The molecular formula is C17H24N4O3S. The molecule has 0 radical (unpaired) electrons. The molecule has 0 spiro atoms. The van der Waals surface area contributed by atoms with Crippen LogP contribution in [0.15, 0.2) is 36.7 Å². The molecule has 0 aliphatic carbocycles. The largest absolute Gasteiger partial charge is 0.497 e. The fourth-order valence-corrected chi connectivity index (χ4v) is 4.04. The number of rotatable bonds is 6. The maximum Gasteiger partial charge on any atom is 0.208 e. The summed E-state index contributed by atoms with van der Waals surface area (Å²) in [4.78, 5) is 2.34. The molecule has 2 aromatic rings. The Hall–Kier alpha value is -1.90. The second-order valence-electron chi connectivity index (χ2n) is 6.39. The van der Waals surface area contributed by atoms with Crippen molar-refractivity contribution in [1.29, 1.82) is 0 Å². The highest BCUT2D eigenvalue weighted by molar-refractivity contribution is 7.88. The number of methoxy groups -OCH3 is 1.